The fraction of sp³-hybridized carbons (Fsp3) is 0.360. The number of nitrogens with zero attached hydrogens (tertiary/aromatic N) is 2. The molecule has 1 N–H and O–H groups in total. The highest BCUT2D eigenvalue weighted by Crippen LogP contribution is 2.41. The zero-order valence-electron chi connectivity index (χ0n) is 17.9. The highest BCUT2D eigenvalue weighted by Gasteiger charge is 2.31. The Bertz CT molecular complexity index is 1130. The predicted molar refractivity (Wildman–Crippen MR) is 121 cm³/mol. The molecule has 1 saturated carbocycles. The normalized spacial score (nSPS) is 18.3. The van der Waals surface area contributed by atoms with Crippen molar-refractivity contribution in [3.63, 3.8) is 0 Å². The standard InChI is InChI=1S/C25H27N3O3/c1-30-17-11-12-19(23(14-17)31-2)22-8-5-13-28(22)24-15-20(25(29)26-16-9-10-16)18-6-3-4-7-21(18)27-24/h3-4,6-7,11-12,14-16,22H,5,8-10,13H2,1-2H3,(H,26,29). The molecular formula is C25H27N3O3. The van der Waals surface area contributed by atoms with Crippen molar-refractivity contribution in [1.82, 2.24) is 10.3 Å². The van der Waals surface area contributed by atoms with Crippen molar-refractivity contribution in [3.05, 3.63) is 59.7 Å². The molecule has 160 valence electrons. The number of benzene rings is 2. The van der Waals surface area contributed by atoms with Crippen LogP contribution in [-0.2, 0) is 0 Å². The number of pyridine rings is 1. The van der Waals surface area contributed by atoms with E-state index in [4.69, 9.17) is 14.5 Å². The second kappa shape index (κ2) is 8.10. The molecule has 0 spiro atoms. The van der Waals surface area contributed by atoms with Gasteiger partial charge in [-0.3, -0.25) is 4.79 Å². The van der Waals surface area contributed by atoms with Gasteiger partial charge < -0.3 is 19.7 Å². The Hall–Kier alpha value is -3.28. The van der Waals surface area contributed by atoms with Gasteiger partial charge in [0, 0.05) is 29.6 Å². The second-order valence-electron chi connectivity index (χ2n) is 8.25. The maximum absolute atomic E-state index is 13.0. The first kappa shape index (κ1) is 19.7. The van der Waals surface area contributed by atoms with Crippen LogP contribution in [0.5, 0.6) is 11.5 Å². The molecule has 2 aromatic carbocycles. The topological polar surface area (TPSA) is 63.7 Å². The van der Waals surface area contributed by atoms with E-state index in [1.54, 1.807) is 14.2 Å². The smallest absolute Gasteiger partial charge is 0.252 e. The summed E-state index contributed by atoms with van der Waals surface area (Å²) in [5.41, 5.74) is 2.65. The van der Waals surface area contributed by atoms with E-state index in [9.17, 15) is 4.79 Å². The number of para-hydroxylation sites is 1. The van der Waals surface area contributed by atoms with Gasteiger partial charge in [-0.25, -0.2) is 4.98 Å². The zero-order chi connectivity index (χ0) is 21.4. The minimum atomic E-state index is -0.0138. The Labute approximate surface area is 182 Å². The lowest BCUT2D eigenvalue weighted by Gasteiger charge is -2.28. The molecule has 1 aliphatic carbocycles. The fourth-order valence-electron chi connectivity index (χ4n) is 4.45. The van der Waals surface area contributed by atoms with E-state index in [-0.39, 0.29) is 11.9 Å². The first-order valence-electron chi connectivity index (χ1n) is 10.9. The summed E-state index contributed by atoms with van der Waals surface area (Å²) in [6.45, 7) is 0.884. The number of carbonyl (C=O) groups is 1. The van der Waals surface area contributed by atoms with Crippen LogP contribution in [0.2, 0.25) is 0 Å². The lowest BCUT2D eigenvalue weighted by atomic mass is 10.0. The summed E-state index contributed by atoms with van der Waals surface area (Å²) in [7, 11) is 3.34. The molecule has 1 aromatic heterocycles. The largest absolute Gasteiger partial charge is 0.497 e. The van der Waals surface area contributed by atoms with Crippen molar-refractivity contribution in [2.45, 2.75) is 37.8 Å². The summed E-state index contributed by atoms with van der Waals surface area (Å²) < 4.78 is 11.0. The monoisotopic (exact) mass is 417 g/mol. The number of aromatic nitrogens is 1. The minimum Gasteiger partial charge on any atom is -0.497 e. The molecule has 0 radical (unpaired) electrons. The van der Waals surface area contributed by atoms with Gasteiger partial charge in [0.25, 0.3) is 5.91 Å². The summed E-state index contributed by atoms with van der Waals surface area (Å²) >= 11 is 0. The van der Waals surface area contributed by atoms with Gasteiger partial charge in [-0.2, -0.15) is 0 Å². The highest BCUT2D eigenvalue weighted by atomic mass is 16.5. The molecule has 6 heteroatoms. The SMILES string of the molecule is COc1ccc(C2CCCN2c2cc(C(=O)NC3CC3)c3ccccc3n2)c(OC)c1. The van der Waals surface area contributed by atoms with Crippen LogP contribution in [0.25, 0.3) is 10.9 Å². The van der Waals surface area contributed by atoms with Gasteiger partial charge >= 0.3 is 0 Å². The Kier molecular flexibility index (Phi) is 5.14. The molecule has 1 unspecified atom stereocenters. The number of rotatable bonds is 6. The van der Waals surface area contributed by atoms with E-state index >= 15 is 0 Å². The third-order valence-corrected chi connectivity index (χ3v) is 6.21. The van der Waals surface area contributed by atoms with Gasteiger partial charge in [-0.15, -0.1) is 0 Å². The van der Waals surface area contributed by atoms with Crippen LogP contribution in [0.15, 0.2) is 48.5 Å². The molecule has 1 aliphatic heterocycles. The van der Waals surface area contributed by atoms with E-state index in [1.165, 1.54) is 0 Å². The van der Waals surface area contributed by atoms with Gasteiger partial charge in [0.05, 0.1) is 31.3 Å². The molecular weight excluding hydrogens is 390 g/mol. The van der Waals surface area contributed by atoms with Crippen molar-refractivity contribution in [1.29, 1.82) is 0 Å². The quantitative estimate of drug-likeness (QED) is 0.640. The van der Waals surface area contributed by atoms with Crippen LogP contribution in [0.1, 0.15) is 47.6 Å². The van der Waals surface area contributed by atoms with Gasteiger partial charge in [0.1, 0.15) is 17.3 Å². The number of hydrogen-bond acceptors (Lipinski definition) is 5. The van der Waals surface area contributed by atoms with E-state index in [1.807, 2.05) is 42.5 Å². The van der Waals surface area contributed by atoms with Crippen LogP contribution in [0.3, 0.4) is 0 Å². The average Bonchev–Trinajstić information content (AvgIpc) is 3.49. The summed E-state index contributed by atoms with van der Waals surface area (Å²) in [6.07, 6.45) is 4.18. The Balaban J connectivity index is 1.56. The van der Waals surface area contributed by atoms with Gasteiger partial charge in [0.2, 0.25) is 0 Å². The summed E-state index contributed by atoms with van der Waals surface area (Å²) in [5, 5.41) is 4.03. The van der Waals surface area contributed by atoms with Gasteiger partial charge in [-0.1, -0.05) is 18.2 Å². The van der Waals surface area contributed by atoms with Crippen LogP contribution < -0.4 is 19.7 Å². The van der Waals surface area contributed by atoms with E-state index in [0.29, 0.717) is 11.6 Å². The van der Waals surface area contributed by atoms with Crippen LogP contribution in [0.4, 0.5) is 5.82 Å². The highest BCUT2D eigenvalue weighted by molar-refractivity contribution is 6.07. The van der Waals surface area contributed by atoms with Crippen LogP contribution >= 0.6 is 0 Å². The maximum Gasteiger partial charge on any atom is 0.252 e. The third-order valence-electron chi connectivity index (χ3n) is 6.21. The number of anilines is 1. The number of amides is 1. The average molecular weight is 418 g/mol. The first-order valence-corrected chi connectivity index (χ1v) is 10.9. The minimum absolute atomic E-state index is 0.0138. The van der Waals surface area contributed by atoms with Gasteiger partial charge in [-0.05, 0) is 49.9 Å². The van der Waals surface area contributed by atoms with Gasteiger partial charge in [0.15, 0.2) is 0 Å². The third kappa shape index (κ3) is 3.78. The molecule has 1 atom stereocenters. The van der Waals surface area contributed by atoms with Crippen molar-refractivity contribution in [3.8, 4) is 11.5 Å². The molecule has 2 aliphatic rings. The fourth-order valence-corrected chi connectivity index (χ4v) is 4.45. The first-order chi connectivity index (χ1) is 15.2. The number of carbonyl (C=O) groups excluding carboxylic acids is 1. The Morgan fingerprint density at radius 3 is 2.68 bits per heavy atom. The molecule has 1 amide bonds. The Morgan fingerprint density at radius 1 is 1.06 bits per heavy atom. The number of nitrogens with one attached hydrogen (secondary N) is 1. The lowest BCUT2D eigenvalue weighted by Crippen LogP contribution is -2.27. The van der Waals surface area contributed by atoms with Crippen molar-refractivity contribution in [2.24, 2.45) is 0 Å². The number of fused-ring (bicyclic) bond motifs is 1. The number of hydrogen-bond donors (Lipinski definition) is 1. The molecule has 2 fully saturated rings. The maximum atomic E-state index is 13.0. The summed E-state index contributed by atoms with van der Waals surface area (Å²) in [4.78, 5) is 20.2. The molecule has 5 rings (SSSR count). The summed E-state index contributed by atoms with van der Waals surface area (Å²) in [6, 6.07) is 16.2. The molecule has 31 heavy (non-hydrogen) atoms. The molecule has 0 bridgehead atoms. The van der Waals surface area contributed by atoms with E-state index in [2.05, 4.69) is 16.3 Å². The Morgan fingerprint density at radius 2 is 1.90 bits per heavy atom. The molecule has 2 heterocycles. The van der Waals surface area contributed by atoms with Crippen LogP contribution in [-0.4, -0.2) is 37.7 Å². The van der Waals surface area contributed by atoms with E-state index in [0.717, 1.165) is 66.0 Å². The summed E-state index contributed by atoms with van der Waals surface area (Å²) in [5.74, 6) is 2.40. The number of methoxy groups -OCH3 is 2. The number of ether oxygens (including phenoxy) is 2. The van der Waals surface area contributed by atoms with Crippen molar-refractivity contribution >= 4 is 22.6 Å². The second-order valence-corrected chi connectivity index (χ2v) is 8.25. The zero-order valence-corrected chi connectivity index (χ0v) is 17.9. The van der Waals surface area contributed by atoms with E-state index < -0.39 is 0 Å². The lowest BCUT2D eigenvalue weighted by molar-refractivity contribution is 0.0952. The molecule has 6 nitrogen and oxygen atoms in total. The molecule has 1 saturated heterocycles. The predicted octanol–water partition coefficient (Wildman–Crippen LogP) is 4.49. The van der Waals surface area contributed by atoms with Crippen LogP contribution in [0, 0.1) is 0 Å². The van der Waals surface area contributed by atoms with Crippen molar-refractivity contribution < 1.29 is 14.3 Å². The van der Waals surface area contributed by atoms with Crippen molar-refractivity contribution in [2.75, 3.05) is 25.7 Å². The molecule has 3 aromatic rings.